The van der Waals surface area contributed by atoms with Gasteiger partial charge in [-0.05, 0) is 24.1 Å². The molecule has 0 saturated carbocycles. The molecule has 0 aliphatic carbocycles. The van der Waals surface area contributed by atoms with Gasteiger partial charge in [0, 0.05) is 6.04 Å². The second-order valence-electron chi connectivity index (χ2n) is 3.47. The summed E-state index contributed by atoms with van der Waals surface area (Å²) >= 11 is 0. The summed E-state index contributed by atoms with van der Waals surface area (Å²) in [5.41, 5.74) is 6.96. The highest BCUT2D eigenvalue weighted by atomic mass is 16.5. The predicted octanol–water partition coefficient (Wildman–Crippen LogP) is 2.12. The topological polar surface area (TPSA) is 53.7 Å². The van der Waals surface area contributed by atoms with E-state index in [2.05, 4.69) is 0 Å². The lowest BCUT2D eigenvalue weighted by Gasteiger charge is -2.16. The second-order valence-corrected chi connectivity index (χ2v) is 3.47. The Morgan fingerprint density at radius 2 is 1.56 bits per heavy atom. The Morgan fingerprint density at radius 3 is 1.88 bits per heavy atom. The van der Waals surface area contributed by atoms with Gasteiger partial charge in [0.1, 0.15) is 0 Å². The van der Waals surface area contributed by atoms with Crippen molar-refractivity contribution in [2.45, 2.75) is 19.4 Å². The molecule has 1 aromatic rings. The highest BCUT2D eigenvalue weighted by Gasteiger charge is 2.15. The number of methoxy groups -OCH3 is 3. The summed E-state index contributed by atoms with van der Waals surface area (Å²) in [5.74, 6) is 1.87. The molecule has 0 aromatic heterocycles. The summed E-state index contributed by atoms with van der Waals surface area (Å²) in [4.78, 5) is 0. The van der Waals surface area contributed by atoms with Crippen LogP contribution in [-0.2, 0) is 0 Å². The fraction of sp³-hybridized carbons (Fsp3) is 0.500. The fourth-order valence-corrected chi connectivity index (χ4v) is 1.55. The van der Waals surface area contributed by atoms with Crippen LogP contribution in [0.3, 0.4) is 0 Å². The molecule has 0 saturated heterocycles. The largest absolute Gasteiger partial charge is 0.493 e. The maximum absolute atomic E-state index is 5.98. The first kappa shape index (κ1) is 12.6. The molecule has 1 aromatic carbocycles. The Bertz CT molecular complexity index is 327. The first-order chi connectivity index (χ1) is 7.67. The van der Waals surface area contributed by atoms with Crippen molar-refractivity contribution < 1.29 is 14.2 Å². The van der Waals surface area contributed by atoms with E-state index < -0.39 is 0 Å². The molecule has 0 amide bonds. The highest BCUT2D eigenvalue weighted by Crippen LogP contribution is 2.39. The van der Waals surface area contributed by atoms with Crippen molar-refractivity contribution in [3.63, 3.8) is 0 Å². The summed E-state index contributed by atoms with van der Waals surface area (Å²) < 4.78 is 15.7. The van der Waals surface area contributed by atoms with Crippen LogP contribution in [-0.4, -0.2) is 21.3 Å². The number of hydrogen-bond acceptors (Lipinski definition) is 4. The van der Waals surface area contributed by atoms with Crippen molar-refractivity contribution in [2.75, 3.05) is 21.3 Å². The van der Waals surface area contributed by atoms with Crippen molar-refractivity contribution in [1.29, 1.82) is 0 Å². The molecule has 0 radical (unpaired) electrons. The molecule has 90 valence electrons. The van der Waals surface area contributed by atoms with Crippen LogP contribution in [0.4, 0.5) is 0 Å². The van der Waals surface area contributed by atoms with E-state index in [1.807, 2.05) is 19.1 Å². The number of ether oxygens (including phenoxy) is 3. The average molecular weight is 225 g/mol. The summed E-state index contributed by atoms with van der Waals surface area (Å²) in [6, 6.07) is 3.75. The normalized spacial score (nSPS) is 12.1. The zero-order valence-corrected chi connectivity index (χ0v) is 10.2. The number of hydrogen-bond donors (Lipinski definition) is 1. The molecule has 0 bridgehead atoms. The third-order valence-corrected chi connectivity index (χ3v) is 2.56. The maximum atomic E-state index is 5.98. The summed E-state index contributed by atoms with van der Waals surface area (Å²) in [7, 11) is 4.77. The van der Waals surface area contributed by atoms with Crippen LogP contribution in [0, 0.1) is 0 Å². The van der Waals surface area contributed by atoms with Gasteiger partial charge in [0.2, 0.25) is 5.75 Å². The third-order valence-electron chi connectivity index (χ3n) is 2.56. The van der Waals surface area contributed by atoms with Gasteiger partial charge in [0.25, 0.3) is 0 Å². The lowest BCUT2D eigenvalue weighted by Crippen LogP contribution is -2.09. The summed E-state index contributed by atoms with van der Waals surface area (Å²) in [6.45, 7) is 2.04. The summed E-state index contributed by atoms with van der Waals surface area (Å²) in [5, 5.41) is 0. The Morgan fingerprint density at radius 1 is 1.06 bits per heavy atom. The van der Waals surface area contributed by atoms with Crippen LogP contribution < -0.4 is 19.9 Å². The monoisotopic (exact) mass is 225 g/mol. The molecule has 0 heterocycles. The minimum atomic E-state index is -0.0197. The van der Waals surface area contributed by atoms with Crippen molar-refractivity contribution in [3.05, 3.63) is 17.7 Å². The van der Waals surface area contributed by atoms with E-state index in [-0.39, 0.29) is 6.04 Å². The van der Waals surface area contributed by atoms with Crippen molar-refractivity contribution in [2.24, 2.45) is 5.73 Å². The van der Waals surface area contributed by atoms with Crippen molar-refractivity contribution in [1.82, 2.24) is 0 Å². The van der Waals surface area contributed by atoms with E-state index in [1.165, 1.54) is 0 Å². The lowest BCUT2D eigenvalue weighted by molar-refractivity contribution is 0.323. The molecule has 16 heavy (non-hydrogen) atoms. The summed E-state index contributed by atoms with van der Waals surface area (Å²) in [6.07, 6.45) is 0.860. The van der Waals surface area contributed by atoms with E-state index in [0.717, 1.165) is 12.0 Å². The molecule has 0 aliphatic rings. The zero-order chi connectivity index (χ0) is 12.1. The molecular formula is C12H19NO3. The van der Waals surface area contributed by atoms with Crippen molar-refractivity contribution in [3.8, 4) is 17.2 Å². The standard InChI is InChI=1S/C12H19NO3/c1-5-9(13)8-6-10(14-2)12(16-4)11(7-8)15-3/h6-7,9H,5,13H2,1-4H3/t9-/m1/s1. The van der Waals surface area contributed by atoms with E-state index in [0.29, 0.717) is 17.2 Å². The number of nitrogens with two attached hydrogens (primary N) is 1. The van der Waals surface area contributed by atoms with Gasteiger partial charge in [-0.3, -0.25) is 0 Å². The van der Waals surface area contributed by atoms with Gasteiger partial charge >= 0.3 is 0 Å². The minimum absolute atomic E-state index is 0.0197. The minimum Gasteiger partial charge on any atom is -0.493 e. The molecule has 1 rings (SSSR count). The van der Waals surface area contributed by atoms with Crippen LogP contribution in [0.1, 0.15) is 24.9 Å². The van der Waals surface area contributed by atoms with E-state index in [4.69, 9.17) is 19.9 Å². The molecule has 1 atom stereocenters. The molecular weight excluding hydrogens is 206 g/mol. The molecule has 4 heteroatoms. The lowest BCUT2D eigenvalue weighted by atomic mass is 10.0. The quantitative estimate of drug-likeness (QED) is 0.834. The van der Waals surface area contributed by atoms with E-state index in [1.54, 1.807) is 21.3 Å². The Labute approximate surface area is 96.3 Å². The highest BCUT2D eigenvalue weighted by molar-refractivity contribution is 5.54. The predicted molar refractivity (Wildman–Crippen MR) is 63.3 cm³/mol. The van der Waals surface area contributed by atoms with Crippen LogP contribution in [0.15, 0.2) is 12.1 Å². The Kier molecular flexibility index (Phi) is 4.43. The van der Waals surface area contributed by atoms with Crippen LogP contribution in [0.2, 0.25) is 0 Å². The molecule has 0 fully saturated rings. The second kappa shape index (κ2) is 5.61. The van der Waals surface area contributed by atoms with Gasteiger partial charge < -0.3 is 19.9 Å². The molecule has 2 N–H and O–H groups in total. The van der Waals surface area contributed by atoms with Crippen LogP contribution in [0.5, 0.6) is 17.2 Å². The first-order valence-corrected chi connectivity index (χ1v) is 5.23. The zero-order valence-electron chi connectivity index (χ0n) is 10.2. The van der Waals surface area contributed by atoms with Gasteiger partial charge in [0.15, 0.2) is 11.5 Å². The number of benzene rings is 1. The van der Waals surface area contributed by atoms with Gasteiger partial charge in [-0.15, -0.1) is 0 Å². The van der Waals surface area contributed by atoms with Gasteiger partial charge in [-0.25, -0.2) is 0 Å². The Hall–Kier alpha value is -1.42. The maximum Gasteiger partial charge on any atom is 0.203 e. The van der Waals surface area contributed by atoms with E-state index in [9.17, 15) is 0 Å². The third kappa shape index (κ3) is 2.39. The SMILES string of the molecule is CC[C@@H](N)c1cc(OC)c(OC)c(OC)c1. The van der Waals surface area contributed by atoms with Crippen LogP contribution >= 0.6 is 0 Å². The van der Waals surface area contributed by atoms with Gasteiger partial charge in [-0.2, -0.15) is 0 Å². The fourth-order valence-electron chi connectivity index (χ4n) is 1.55. The van der Waals surface area contributed by atoms with Gasteiger partial charge in [-0.1, -0.05) is 6.92 Å². The molecule has 0 unspecified atom stereocenters. The number of rotatable bonds is 5. The smallest absolute Gasteiger partial charge is 0.203 e. The first-order valence-electron chi connectivity index (χ1n) is 5.23. The molecule has 0 aliphatic heterocycles. The average Bonchev–Trinajstić information content (AvgIpc) is 2.35. The van der Waals surface area contributed by atoms with E-state index >= 15 is 0 Å². The Balaban J connectivity index is 3.25. The van der Waals surface area contributed by atoms with Crippen LogP contribution in [0.25, 0.3) is 0 Å². The molecule has 4 nitrogen and oxygen atoms in total. The van der Waals surface area contributed by atoms with Gasteiger partial charge in [0.05, 0.1) is 21.3 Å². The van der Waals surface area contributed by atoms with Crippen molar-refractivity contribution >= 4 is 0 Å². The molecule has 0 spiro atoms.